The van der Waals surface area contributed by atoms with E-state index in [1.165, 1.54) is 38.6 Å². The molecule has 1 atom stereocenters. The third-order valence-corrected chi connectivity index (χ3v) is 13.1. The molecular weight excluding hydrogens is 769 g/mol. The molecule has 13 rings (SSSR count). The molecule has 63 heavy (non-hydrogen) atoms. The highest BCUT2D eigenvalue weighted by Gasteiger charge is 2.52. The third kappa shape index (κ3) is 5.30. The Labute approximate surface area is 365 Å². The first-order chi connectivity index (χ1) is 31.2. The van der Waals surface area contributed by atoms with E-state index in [0.29, 0.717) is 0 Å². The number of rotatable bonds is 5. The summed E-state index contributed by atoms with van der Waals surface area (Å²) in [7, 11) is 0. The van der Waals surface area contributed by atoms with E-state index < -0.39 is 11.6 Å². The van der Waals surface area contributed by atoms with E-state index >= 15 is 0 Å². The van der Waals surface area contributed by atoms with Crippen LogP contribution in [-0.4, -0.2) is 16.2 Å². The van der Waals surface area contributed by atoms with Crippen LogP contribution in [0.5, 0.6) is 11.5 Å². The number of nitrogens with one attached hydrogen (secondary N) is 1. The average Bonchev–Trinajstić information content (AvgIpc) is 3.85. The number of amidine groups is 2. The Morgan fingerprint density at radius 3 is 1.67 bits per heavy atom. The average molecular weight is 807 g/mol. The van der Waals surface area contributed by atoms with Crippen LogP contribution in [0.15, 0.2) is 228 Å². The number of para-hydroxylation sites is 4. The molecule has 0 radical (unpaired) electrons. The van der Waals surface area contributed by atoms with Gasteiger partial charge in [0.25, 0.3) is 0 Å². The highest BCUT2D eigenvalue weighted by atomic mass is 16.5. The van der Waals surface area contributed by atoms with Crippen LogP contribution in [0.4, 0.5) is 0 Å². The lowest BCUT2D eigenvalue weighted by atomic mass is 9.65. The van der Waals surface area contributed by atoms with E-state index in [4.69, 9.17) is 14.7 Å². The van der Waals surface area contributed by atoms with Gasteiger partial charge in [-0.25, -0.2) is 9.98 Å². The first kappa shape index (κ1) is 35.5. The number of aromatic nitrogens is 1. The number of fused-ring (bicyclic) bond motifs is 12. The lowest BCUT2D eigenvalue weighted by Gasteiger charge is -2.40. The molecular formula is C58H38N4O. The minimum atomic E-state index is -0.669. The van der Waals surface area contributed by atoms with Gasteiger partial charge >= 0.3 is 0 Å². The van der Waals surface area contributed by atoms with Crippen molar-refractivity contribution in [2.24, 2.45) is 9.98 Å². The van der Waals surface area contributed by atoms with Crippen molar-refractivity contribution in [1.82, 2.24) is 9.88 Å². The van der Waals surface area contributed by atoms with Gasteiger partial charge in [0.1, 0.15) is 23.2 Å². The standard InChI is InChI=1S/C58H38N4O/c1-2-16-37(17-3-1)38-32-34-39(35-33-38)55-59-56(40-18-14-19-41(36-40)62-50-28-10-5-21-43(50)44-22-6-11-29-51(44)62)61-57(60-55)46-24-15-23-45-42-20-4-7-25-47(42)58(54(45)46)48-26-8-12-30-52(48)63-53-31-13-9-27-49(53)58/h1-36,57H,(H,59,60,61). The van der Waals surface area contributed by atoms with Gasteiger partial charge in [-0.3, -0.25) is 0 Å². The summed E-state index contributed by atoms with van der Waals surface area (Å²) in [5.41, 5.74) is 15.1. The molecule has 2 aliphatic heterocycles. The molecule has 3 heterocycles. The predicted molar refractivity (Wildman–Crippen MR) is 255 cm³/mol. The maximum absolute atomic E-state index is 6.70. The Hall–Kier alpha value is -8.28. The minimum Gasteiger partial charge on any atom is -0.457 e. The first-order valence-corrected chi connectivity index (χ1v) is 21.5. The molecule has 0 bridgehead atoms. The van der Waals surface area contributed by atoms with Gasteiger partial charge in [-0.05, 0) is 69.8 Å². The number of hydrogen-bond donors (Lipinski definition) is 1. The van der Waals surface area contributed by atoms with Crippen LogP contribution in [0.3, 0.4) is 0 Å². The molecule has 1 N–H and O–H groups in total. The minimum absolute atomic E-state index is 0.578. The van der Waals surface area contributed by atoms with Crippen molar-refractivity contribution in [2.75, 3.05) is 0 Å². The van der Waals surface area contributed by atoms with Gasteiger partial charge in [0.2, 0.25) is 0 Å². The van der Waals surface area contributed by atoms with Crippen LogP contribution < -0.4 is 10.1 Å². The molecule has 9 aromatic carbocycles. The summed E-state index contributed by atoms with van der Waals surface area (Å²) in [5, 5.41) is 6.20. The maximum Gasteiger partial charge on any atom is 0.170 e. The predicted octanol–water partition coefficient (Wildman–Crippen LogP) is 13.4. The SMILES string of the molecule is c1ccc(-c2ccc(C3=NC(c4cccc5c4C4(c6ccccc6Oc6ccccc64)c4ccccc4-5)N=C(c4cccc(-n5c6ccccc6c6ccccc65)c4)N3)cc2)cc1. The fraction of sp³-hybridized carbons (Fsp3) is 0.0345. The quantitative estimate of drug-likeness (QED) is 0.188. The molecule has 0 saturated heterocycles. The largest absolute Gasteiger partial charge is 0.457 e. The van der Waals surface area contributed by atoms with E-state index in [2.05, 4.69) is 228 Å². The van der Waals surface area contributed by atoms with Crippen LogP contribution >= 0.6 is 0 Å². The Balaban J connectivity index is 1.03. The zero-order valence-corrected chi connectivity index (χ0v) is 34.1. The zero-order chi connectivity index (χ0) is 41.5. The van der Waals surface area contributed by atoms with Crippen LogP contribution in [-0.2, 0) is 5.41 Å². The lowest BCUT2D eigenvalue weighted by Crippen LogP contribution is -2.37. The molecule has 1 aromatic heterocycles. The topological polar surface area (TPSA) is 50.9 Å². The monoisotopic (exact) mass is 806 g/mol. The molecule has 1 spiro atoms. The van der Waals surface area contributed by atoms with Crippen molar-refractivity contribution >= 4 is 33.5 Å². The summed E-state index contributed by atoms with van der Waals surface area (Å²) < 4.78 is 9.06. The van der Waals surface area contributed by atoms with Crippen LogP contribution in [0, 0.1) is 0 Å². The molecule has 3 aliphatic rings. The second-order valence-corrected chi connectivity index (χ2v) is 16.5. The van der Waals surface area contributed by atoms with Gasteiger partial charge in [0.15, 0.2) is 6.17 Å². The molecule has 0 fully saturated rings. The molecule has 1 aliphatic carbocycles. The lowest BCUT2D eigenvalue weighted by molar-refractivity contribution is 0.435. The van der Waals surface area contributed by atoms with Gasteiger partial charge in [-0.2, -0.15) is 0 Å². The molecule has 296 valence electrons. The normalized spacial score (nSPS) is 15.4. The number of benzene rings is 9. The second-order valence-electron chi connectivity index (χ2n) is 16.5. The molecule has 0 amide bonds. The van der Waals surface area contributed by atoms with Crippen molar-refractivity contribution in [3.05, 3.63) is 257 Å². The Morgan fingerprint density at radius 1 is 0.429 bits per heavy atom. The second kappa shape index (κ2) is 13.9. The van der Waals surface area contributed by atoms with Crippen molar-refractivity contribution < 1.29 is 4.74 Å². The van der Waals surface area contributed by atoms with Crippen LogP contribution in [0.2, 0.25) is 0 Å². The zero-order valence-electron chi connectivity index (χ0n) is 34.1. The van der Waals surface area contributed by atoms with E-state index in [9.17, 15) is 0 Å². The highest BCUT2D eigenvalue weighted by Crippen LogP contribution is 2.63. The summed E-state index contributed by atoms with van der Waals surface area (Å²) in [6.45, 7) is 0. The van der Waals surface area contributed by atoms with E-state index in [1.807, 2.05) is 0 Å². The number of hydrogen-bond acceptors (Lipinski definition) is 4. The number of nitrogens with zero attached hydrogens (tertiary/aromatic N) is 3. The molecule has 10 aromatic rings. The smallest absolute Gasteiger partial charge is 0.170 e. The van der Waals surface area contributed by atoms with Crippen molar-refractivity contribution in [1.29, 1.82) is 0 Å². The maximum atomic E-state index is 6.70. The summed E-state index contributed by atoms with van der Waals surface area (Å²) in [4.78, 5) is 11.2. The van der Waals surface area contributed by atoms with Gasteiger partial charge in [0, 0.05) is 44.3 Å². The molecule has 1 unspecified atom stereocenters. The highest BCUT2D eigenvalue weighted by molar-refractivity contribution is 6.16. The summed E-state index contributed by atoms with van der Waals surface area (Å²) in [6, 6.07) is 77.7. The number of aliphatic imine (C=N–C) groups is 2. The first-order valence-electron chi connectivity index (χ1n) is 21.5. The summed E-state index contributed by atoms with van der Waals surface area (Å²) in [6.07, 6.45) is -0.578. The van der Waals surface area contributed by atoms with E-state index in [-0.39, 0.29) is 0 Å². The molecule has 0 saturated carbocycles. The summed E-state index contributed by atoms with van der Waals surface area (Å²) in [5.74, 6) is 3.23. The molecule has 5 nitrogen and oxygen atoms in total. The van der Waals surface area contributed by atoms with Crippen molar-refractivity contribution in [2.45, 2.75) is 11.6 Å². The Morgan fingerprint density at radius 2 is 0.952 bits per heavy atom. The third-order valence-electron chi connectivity index (χ3n) is 13.1. The Kier molecular flexibility index (Phi) is 7.81. The summed E-state index contributed by atoms with van der Waals surface area (Å²) >= 11 is 0. The fourth-order valence-corrected chi connectivity index (χ4v) is 10.5. The number of ether oxygens (including phenoxy) is 1. The van der Waals surface area contributed by atoms with Crippen LogP contribution in [0.1, 0.15) is 45.1 Å². The van der Waals surface area contributed by atoms with Gasteiger partial charge < -0.3 is 14.6 Å². The van der Waals surface area contributed by atoms with Gasteiger partial charge in [-0.1, -0.05) is 182 Å². The van der Waals surface area contributed by atoms with E-state index in [0.717, 1.165) is 73.3 Å². The van der Waals surface area contributed by atoms with Crippen LogP contribution in [0.25, 0.3) is 49.7 Å². The van der Waals surface area contributed by atoms with Crippen molar-refractivity contribution in [3.63, 3.8) is 0 Å². The molecule has 5 heteroatoms. The van der Waals surface area contributed by atoms with Crippen molar-refractivity contribution in [3.8, 4) is 39.4 Å². The Bertz CT molecular complexity index is 3430. The van der Waals surface area contributed by atoms with E-state index in [1.54, 1.807) is 0 Å². The van der Waals surface area contributed by atoms with Gasteiger partial charge in [-0.15, -0.1) is 0 Å². The van der Waals surface area contributed by atoms with Gasteiger partial charge in [0.05, 0.1) is 16.4 Å². The fourth-order valence-electron chi connectivity index (χ4n) is 10.5.